The fourth-order valence-electron chi connectivity index (χ4n) is 7.04. The van der Waals surface area contributed by atoms with Gasteiger partial charge in [-0.3, -0.25) is 9.59 Å². The Kier molecular flexibility index (Phi) is 5.42. The molecule has 0 aromatic heterocycles. The summed E-state index contributed by atoms with van der Waals surface area (Å²) in [5.41, 5.74) is -4.19. The predicted octanol–water partition coefficient (Wildman–Crippen LogP) is 1.39. The van der Waals surface area contributed by atoms with Crippen LogP contribution in [0, 0.1) is 28.6 Å². The number of aliphatic hydroxyl groups excluding tert-OH is 3. The lowest BCUT2D eigenvalue weighted by molar-refractivity contribution is -0.202. The van der Waals surface area contributed by atoms with Gasteiger partial charge in [0.15, 0.2) is 11.5 Å². The summed E-state index contributed by atoms with van der Waals surface area (Å²) in [4.78, 5) is 24.7. The van der Waals surface area contributed by atoms with Crippen molar-refractivity contribution in [2.24, 2.45) is 28.6 Å². The van der Waals surface area contributed by atoms with Gasteiger partial charge in [0.2, 0.25) is 5.91 Å². The van der Waals surface area contributed by atoms with Crippen LogP contribution in [0.3, 0.4) is 0 Å². The van der Waals surface area contributed by atoms with Gasteiger partial charge in [-0.1, -0.05) is 13.0 Å². The molecular weight excluding hydrogens is 408 g/mol. The van der Waals surface area contributed by atoms with Gasteiger partial charge in [0.1, 0.15) is 6.17 Å². The molecule has 172 valence electrons. The van der Waals surface area contributed by atoms with E-state index >= 15 is 8.78 Å². The third kappa shape index (κ3) is 3.05. The molecule has 0 aliphatic heterocycles. The summed E-state index contributed by atoms with van der Waals surface area (Å²) in [7, 11) is 0. The van der Waals surface area contributed by atoms with Crippen LogP contribution in [-0.4, -0.2) is 64.2 Å². The number of fused-ring (bicyclic) bond motifs is 5. The predicted molar refractivity (Wildman–Crippen MR) is 108 cm³/mol. The molecule has 0 bridgehead atoms. The highest BCUT2D eigenvalue weighted by molar-refractivity contribution is 6.01. The van der Waals surface area contributed by atoms with E-state index in [4.69, 9.17) is 5.11 Å². The van der Waals surface area contributed by atoms with Gasteiger partial charge >= 0.3 is 0 Å². The van der Waals surface area contributed by atoms with Gasteiger partial charge in [0.25, 0.3) is 0 Å². The summed E-state index contributed by atoms with van der Waals surface area (Å²) in [5, 5.41) is 32.3. The number of amides is 1. The quantitative estimate of drug-likeness (QED) is 0.530. The lowest BCUT2D eigenvalue weighted by Gasteiger charge is -2.62. The van der Waals surface area contributed by atoms with Crippen LogP contribution in [0.2, 0.25) is 0 Å². The van der Waals surface area contributed by atoms with E-state index in [1.165, 1.54) is 18.2 Å². The zero-order valence-corrected chi connectivity index (χ0v) is 17.9. The Morgan fingerprint density at radius 1 is 1.32 bits per heavy atom. The Bertz CT molecular complexity index is 846. The molecule has 0 saturated heterocycles. The SMILES string of the molecule is CC12CC(O)[C@@]3(F)C(C[C@H](F)C4=CC(=O)C=CC43C)C1CCC2C(=O)NCC(O)CO. The molecule has 9 atom stereocenters. The first-order chi connectivity index (χ1) is 14.5. The molecule has 0 spiro atoms. The molecule has 31 heavy (non-hydrogen) atoms. The minimum absolute atomic E-state index is 0.0485. The Labute approximate surface area is 180 Å². The highest BCUT2D eigenvalue weighted by atomic mass is 19.1. The normalized spacial score (nSPS) is 47.1. The van der Waals surface area contributed by atoms with E-state index in [0.717, 1.165) is 0 Å². The summed E-state index contributed by atoms with van der Waals surface area (Å²) in [6.45, 7) is 2.85. The van der Waals surface area contributed by atoms with Crippen LogP contribution in [0.15, 0.2) is 23.8 Å². The Morgan fingerprint density at radius 2 is 2.03 bits per heavy atom. The van der Waals surface area contributed by atoms with Crippen LogP contribution < -0.4 is 5.32 Å². The summed E-state index contributed by atoms with van der Waals surface area (Å²) < 4.78 is 32.1. The van der Waals surface area contributed by atoms with E-state index in [2.05, 4.69) is 5.32 Å². The topological polar surface area (TPSA) is 107 Å². The molecule has 8 heteroatoms. The molecule has 0 radical (unpaired) electrons. The number of aliphatic hydroxyl groups is 3. The maximum absolute atomic E-state index is 16.9. The lowest BCUT2D eigenvalue weighted by atomic mass is 9.45. The Hall–Kier alpha value is -1.64. The zero-order chi connectivity index (χ0) is 22.8. The van der Waals surface area contributed by atoms with Crippen molar-refractivity contribution in [1.82, 2.24) is 5.32 Å². The molecule has 3 fully saturated rings. The summed E-state index contributed by atoms with van der Waals surface area (Å²) >= 11 is 0. The molecule has 1 amide bonds. The molecule has 0 heterocycles. The van der Waals surface area contributed by atoms with Crippen molar-refractivity contribution in [3.8, 4) is 0 Å². The number of rotatable bonds is 4. The van der Waals surface area contributed by atoms with Crippen molar-refractivity contribution in [3.63, 3.8) is 0 Å². The second-order valence-electron chi connectivity index (χ2n) is 10.2. The average Bonchev–Trinajstić information content (AvgIpc) is 3.06. The highest BCUT2D eigenvalue weighted by Crippen LogP contribution is 2.69. The van der Waals surface area contributed by atoms with Gasteiger partial charge in [-0.05, 0) is 61.7 Å². The van der Waals surface area contributed by atoms with Gasteiger partial charge < -0.3 is 20.6 Å². The van der Waals surface area contributed by atoms with Crippen molar-refractivity contribution in [1.29, 1.82) is 0 Å². The Balaban J connectivity index is 1.66. The largest absolute Gasteiger partial charge is 0.394 e. The number of alkyl halides is 2. The van der Waals surface area contributed by atoms with Crippen LogP contribution in [0.1, 0.15) is 39.5 Å². The minimum atomic E-state index is -2.14. The number of carbonyl (C=O) groups is 2. The highest BCUT2D eigenvalue weighted by Gasteiger charge is 2.72. The van der Waals surface area contributed by atoms with E-state index < -0.39 is 53.3 Å². The average molecular weight is 439 g/mol. The molecule has 4 N–H and O–H groups in total. The summed E-state index contributed by atoms with van der Waals surface area (Å²) in [6.07, 6.45) is 0.769. The first-order valence-corrected chi connectivity index (χ1v) is 11.0. The van der Waals surface area contributed by atoms with Crippen molar-refractivity contribution in [2.45, 2.75) is 63.6 Å². The van der Waals surface area contributed by atoms with Crippen molar-refractivity contribution in [2.75, 3.05) is 13.2 Å². The molecule has 0 aromatic carbocycles. The smallest absolute Gasteiger partial charge is 0.223 e. The number of hydrogen-bond donors (Lipinski definition) is 4. The second-order valence-corrected chi connectivity index (χ2v) is 10.2. The van der Waals surface area contributed by atoms with Gasteiger partial charge in [-0.15, -0.1) is 0 Å². The third-order valence-corrected chi connectivity index (χ3v) is 8.66. The van der Waals surface area contributed by atoms with Crippen LogP contribution in [0.5, 0.6) is 0 Å². The zero-order valence-electron chi connectivity index (χ0n) is 17.9. The number of halogens is 2. The number of ketones is 1. The molecule has 4 rings (SSSR count). The Morgan fingerprint density at radius 3 is 2.71 bits per heavy atom. The van der Waals surface area contributed by atoms with Gasteiger partial charge in [-0.25, -0.2) is 8.78 Å². The second kappa shape index (κ2) is 7.46. The first kappa shape index (κ1) is 22.6. The van der Waals surface area contributed by atoms with Crippen LogP contribution in [-0.2, 0) is 9.59 Å². The molecule has 3 saturated carbocycles. The van der Waals surface area contributed by atoms with Gasteiger partial charge in [0, 0.05) is 23.8 Å². The fraction of sp³-hybridized carbons (Fsp3) is 0.739. The molecular formula is C23H31F2NO5. The van der Waals surface area contributed by atoms with E-state index in [1.54, 1.807) is 6.92 Å². The number of carbonyl (C=O) groups excluding carboxylic acids is 2. The number of allylic oxidation sites excluding steroid dienone is 4. The summed E-state index contributed by atoms with van der Waals surface area (Å²) in [6, 6.07) is 0. The van der Waals surface area contributed by atoms with Crippen LogP contribution in [0.25, 0.3) is 0 Å². The maximum atomic E-state index is 16.9. The third-order valence-electron chi connectivity index (χ3n) is 8.66. The van der Waals surface area contributed by atoms with Crippen LogP contribution in [0.4, 0.5) is 8.78 Å². The number of nitrogens with one attached hydrogen (secondary N) is 1. The minimum Gasteiger partial charge on any atom is -0.394 e. The monoisotopic (exact) mass is 439 g/mol. The van der Waals surface area contributed by atoms with Crippen molar-refractivity contribution >= 4 is 11.7 Å². The van der Waals surface area contributed by atoms with Gasteiger partial charge in [0.05, 0.1) is 18.8 Å². The molecule has 6 nitrogen and oxygen atoms in total. The fourth-order valence-corrected chi connectivity index (χ4v) is 7.04. The van der Waals surface area contributed by atoms with E-state index in [-0.39, 0.29) is 42.6 Å². The van der Waals surface area contributed by atoms with Crippen molar-refractivity contribution in [3.05, 3.63) is 23.8 Å². The molecule has 7 unspecified atom stereocenters. The van der Waals surface area contributed by atoms with E-state index in [1.807, 2.05) is 6.92 Å². The summed E-state index contributed by atoms with van der Waals surface area (Å²) in [5.74, 6) is -2.29. The first-order valence-electron chi connectivity index (χ1n) is 11.0. The molecule has 4 aliphatic rings. The maximum Gasteiger partial charge on any atom is 0.223 e. The van der Waals surface area contributed by atoms with Crippen LogP contribution >= 0.6 is 0 Å². The lowest BCUT2D eigenvalue weighted by Crippen LogP contribution is -2.68. The van der Waals surface area contributed by atoms with E-state index in [0.29, 0.717) is 12.8 Å². The number of hydrogen-bond acceptors (Lipinski definition) is 5. The molecule has 0 aromatic rings. The van der Waals surface area contributed by atoms with Gasteiger partial charge in [-0.2, -0.15) is 0 Å². The van der Waals surface area contributed by atoms with E-state index in [9.17, 15) is 19.8 Å². The van der Waals surface area contributed by atoms with Crippen molar-refractivity contribution < 1.29 is 33.7 Å². The molecule has 4 aliphatic carbocycles. The standard InChI is InChI=1S/C23H31F2NO5/c1-21-9-19(30)23(25)16(8-18(24)17-7-12(28)5-6-22(17,23)2)14(21)3-4-15(21)20(31)26-10-13(29)11-27/h5-7,13-16,18-19,27,29-30H,3-4,8-11H2,1-2H3,(H,26,31)/t13?,14?,15?,16?,18-,19?,21?,22?,23-/m0/s1.